The maximum absolute atomic E-state index is 12.2. The maximum atomic E-state index is 12.2. The minimum Gasteiger partial charge on any atom is -0.497 e. The van der Waals surface area contributed by atoms with Crippen molar-refractivity contribution in [2.45, 2.75) is 44.6 Å². The van der Waals surface area contributed by atoms with E-state index < -0.39 is 12.0 Å². The number of carbonyl (C=O) groups excluding carboxylic acids is 1. The second-order valence-corrected chi connectivity index (χ2v) is 5.64. The molecule has 0 bridgehead atoms. The molecule has 1 fully saturated rings. The van der Waals surface area contributed by atoms with Gasteiger partial charge in [-0.2, -0.15) is 0 Å². The third-order valence-corrected chi connectivity index (χ3v) is 4.12. The van der Waals surface area contributed by atoms with E-state index in [-0.39, 0.29) is 5.91 Å². The second kappa shape index (κ2) is 7.82. The molecule has 120 valence electrons. The van der Waals surface area contributed by atoms with Gasteiger partial charge in [-0.3, -0.25) is 4.79 Å². The Hall–Kier alpha value is -2.04. The summed E-state index contributed by atoms with van der Waals surface area (Å²) in [5, 5.41) is 9.20. The highest BCUT2D eigenvalue weighted by atomic mass is 16.5. The molecule has 1 aliphatic rings. The van der Waals surface area contributed by atoms with Crippen molar-refractivity contribution >= 4 is 11.9 Å². The van der Waals surface area contributed by atoms with Crippen molar-refractivity contribution in [1.82, 2.24) is 4.90 Å². The van der Waals surface area contributed by atoms with Gasteiger partial charge >= 0.3 is 5.97 Å². The molecule has 1 N–H and O–H groups in total. The third-order valence-electron chi connectivity index (χ3n) is 4.12. The molecule has 0 saturated carbocycles. The number of aryl methyl sites for hydroxylation is 1. The fraction of sp³-hybridized carbons (Fsp3) is 0.529. The standard InChI is InChI=1S/C17H23NO4/c1-22-14-10-8-13(9-11-14)5-4-7-16(19)18-12-3-2-6-15(18)17(20)21/h8-11,15H,2-7,12H2,1H3,(H,20,21)/t15-/m0/s1. The van der Waals surface area contributed by atoms with Crippen LogP contribution in [0.2, 0.25) is 0 Å². The summed E-state index contributed by atoms with van der Waals surface area (Å²) >= 11 is 0. The molecule has 1 heterocycles. The number of hydrogen-bond acceptors (Lipinski definition) is 3. The van der Waals surface area contributed by atoms with Crippen LogP contribution >= 0.6 is 0 Å². The van der Waals surface area contributed by atoms with Crippen molar-refractivity contribution in [1.29, 1.82) is 0 Å². The number of amides is 1. The summed E-state index contributed by atoms with van der Waals surface area (Å²) in [4.78, 5) is 25.0. The van der Waals surface area contributed by atoms with Gasteiger partial charge < -0.3 is 14.7 Å². The zero-order valence-electron chi connectivity index (χ0n) is 13.0. The van der Waals surface area contributed by atoms with Gasteiger partial charge in [0.15, 0.2) is 0 Å². The van der Waals surface area contributed by atoms with Crippen LogP contribution in [0.1, 0.15) is 37.7 Å². The summed E-state index contributed by atoms with van der Waals surface area (Å²) in [7, 11) is 1.63. The Balaban J connectivity index is 1.82. The molecule has 5 heteroatoms. The van der Waals surface area contributed by atoms with Crippen LogP contribution < -0.4 is 4.74 Å². The van der Waals surface area contributed by atoms with Crippen molar-refractivity contribution in [2.24, 2.45) is 0 Å². The van der Waals surface area contributed by atoms with Crippen molar-refractivity contribution in [2.75, 3.05) is 13.7 Å². The van der Waals surface area contributed by atoms with Gasteiger partial charge in [0.25, 0.3) is 0 Å². The van der Waals surface area contributed by atoms with Gasteiger partial charge in [0, 0.05) is 13.0 Å². The fourth-order valence-corrected chi connectivity index (χ4v) is 2.87. The monoisotopic (exact) mass is 305 g/mol. The molecule has 2 rings (SSSR count). The largest absolute Gasteiger partial charge is 0.497 e. The van der Waals surface area contributed by atoms with E-state index in [1.54, 1.807) is 12.0 Å². The molecule has 1 aliphatic heterocycles. The predicted molar refractivity (Wildman–Crippen MR) is 82.9 cm³/mol. The lowest BCUT2D eigenvalue weighted by Gasteiger charge is -2.33. The van der Waals surface area contributed by atoms with E-state index in [0.717, 1.165) is 37.0 Å². The first-order chi connectivity index (χ1) is 10.6. The quantitative estimate of drug-likeness (QED) is 0.877. The molecule has 1 atom stereocenters. The summed E-state index contributed by atoms with van der Waals surface area (Å²) in [6.45, 7) is 0.568. The number of carbonyl (C=O) groups is 2. The van der Waals surface area contributed by atoms with Gasteiger partial charge in [0.1, 0.15) is 11.8 Å². The highest BCUT2D eigenvalue weighted by Gasteiger charge is 2.31. The molecule has 1 aromatic rings. The molecule has 1 aromatic carbocycles. The van der Waals surface area contributed by atoms with Crippen molar-refractivity contribution in [3.8, 4) is 5.75 Å². The number of hydrogen-bond donors (Lipinski definition) is 1. The minimum atomic E-state index is -0.886. The van der Waals surface area contributed by atoms with Crippen molar-refractivity contribution < 1.29 is 19.4 Å². The molecule has 0 aliphatic carbocycles. The average molecular weight is 305 g/mol. The van der Waals surface area contributed by atoms with Gasteiger partial charge in [-0.15, -0.1) is 0 Å². The van der Waals surface area contributed by atoms with Crippen molar-refractivity contribution in [3.05, 3.63) is 29.8 Å². The molecule has 0 unspecified atom stereocenters. The first kappa shape index (κ1) is 16.3. The summed E-state index contributed by atoms with van der Waals surface area (Å²) in [6.07, 6.45) is 4.28. The Kier molecular flexibility index (Phi) is 5.81. The number of likely N-dealkylation sites (tertiary alicyclic amines) is 1. The molecule has 1 amide bonds. The number of carboxylic acids is 1. The molecular formula is C17H23NO4. The number of ether oxygens (including phenoxy) is 1. The predicted octanol–water partition coefficient (Wildman–Crippen LogP) is 2.48. The lowest BCUT2D eigenvalue weighted by molar-refractivity contribution is -0.152. The van der Waals surface area contributed by atoms with Gasteiger partial charge in [-0.1, -0.05) is 12.1 Å². The Bertz CT molecular complexity index is 512. The van der Waals surface area contributed by atoms with Crippen LogP contribution in [0.15, 0.2) is 24.3 Å². The van der Waals surface area contributed by atoms with Crippen LogP contribution in [-0.2, 0) is 16.0 Å². The zero-order chi connectivity index (χ0) is 15.9. The zero-order valence-corrected chi connectivity index (χ0v) is 13.0. The SMILES string of the molecule is COc1ccc(CCCC(=O)N2CCCC[C@H]2C(=O)O)cc1. The summed E-state index contributed by atoms with van der Waals surface area (Å²) in [5.74, 6) is -0.110. The van der Waals surface area contributed by atoms with E-state index in [0.29, 0.717) is 19.4 Å². The fourth-order valence-electron chi connectivity index (χ4n) is 2.87. The van der Waals surface area contributed by atoms with Crippen molar-refractivity contribution in [3.63, 3.8) is 0 Å². The molecule has 22 heavy (non-hydrogen) atoms. The molecule has 0 aromatic heterocycles. The molecule has 1 saturated heterocycles. The summed E-state index contributed by atoms with van der Waals surface area (Å²) in [6, 6.07) is 7.15. The number of benzene rings is 1. The van der Waals surface area contributed by atoms with E-state index in [2.05, 4.69) is 0 Å². The lowest BCUT2D eigenvalue weighted by Crippen LogP contribution is -2.47. The van der Waals surface area contributed by atoms with E-state index >= 15 is 0 Å². The van der Waals surface area contributed by atoms with E-state index in [4.69, 9.17) is 4.74 Å². The van der Waals surface area contributed by atoms with E-state index in [1.807, 2.05) is 24.3 Å². The van der Waals surface area contributed by atoms with Crippen LogP contribution in [0.5, 0.6) is 5.75 Å². The van der Waals surface area contributed by atoms with Crippen LogP contribution in [0.3, 0.4) is 0 Å². The normalized spacial score (nSPS) is 18.0. The minimum absolute atomic E-state index is 0.0411. The highest BCUT2D eigenvalue weighted by molar-refractivity contribution is 5.83. The molecule has 0 radical (unpaired) electrons. The average Bonchev–Trinajstić information content (AvgIpc) is 2.55. The van der Waals surface area contributed by atoms with Crippen LogP contribution in [0.25, 0.3) is 0 Å². The van der Waals surface area contributed by atoms with Crippen LogP contribution in [-0.4, -0.2) is 41.6 Å². The van der Waals surface area contributed by atoms with E-state index in [1.165, 1.54) is 0 Å². The number of carboxylic acid groups (broad SMARTS) is 1. The van der Waals surface area contributed by atoms with Gasteiger partial charge in [0.2, 0.25) is 5.91 Å². The Morgan fingerprint density at radius 2 is 2.00 bits per heavy atom. The van der Waals surface area contributed by atoms with E-state index in [9.17, 15) is 14.7 Å². The summed E-state index contributed by atoms with van der Waals surface area (Å²) < 4.78 is 5.11. The highest BCUT2D eigenvalue weighted by Crippen LogP contribution is 2.19. The third kappa shape index (κ3) is 4.23. The maximum Gasteiger partial charge on any atom is 0.326 e. The number of methoxy groups -OCH3 is 1. The van der Waals surface area contributed by atoms with Crippen LogP contribution in [0, 0.1) is 0 Å². The number of aliphatic carboxylic acids is 1. The topological polar surface area (TPSA) is 66.8 Å². The van der Waals surface area contributed by atoms with Gasteiger partial charge in [0.05, 0.1) is 7.11 Å². The lowest BCUT2D eigenvalue weighted by atomic mass is 10.0. The number of nitrogens with zero attached hydrogens (tertiary/aromatic N) is 1. The van der Waals surface area contributed by atoms with Gasteiger partial charge in [-0.25, -0.2) is 4.79 Å². The van der Waals surface area contributed by atoms with Crippen LogP contribution in [0.4, 0.5) is 0 Å². The summed E-state index contributed by atoms with van der Waals surface area (Å²) in [5.41, 5.74) is 1.15. The second-order valence-electron chi connectivity index (χ2n) is 5.64. The Labute approximate surface area is 130 Å². The molecule has 5 nitrogen and oxygen atoms in total. The first-order valence-electron chi connectivity index (χ1n) is 7.77. The Morgan fingerprint density at radius 1 is 1.27 bits per heavy atom. The molecule has 0 spiro atoms. The number of piperidine rings is 1. The number of rotatable bonds is 6. The Morgan fingerprint density at radius 3 is 2.64 bits per heavy atom. The smallest absolute Gasteiger partial charge is 0.326 e. The molecular weight excluding hydrogens is 282 g/mol. The first-order valence-corrected chi connectivity index (χ1v) is 7.77. The van der Waals surface area contributed by atoms with Gasteiger partial charge in [-0.05, 0) is 49.8 Å².